The zero-order chi connectivity index (χ0) is 13.8. The van der Waals surface area contributed by atoms with E-state index >= 15 is 0 Å². The van der Waals surface area contributed by atoms with Crippen LogP contribution in [0.4, 0.5) is 0 Å². The number of carbonyl (C=O) groups is 2. The van der Waals surface area contributed by atoms with Crippen molar-refractivity contribution in [3.63, 3.8) is 0 Å². The molecule has 4 atom stereocenters. The molecule has 0 N–H and O–H groups in total. The first kappa shape index (κ1) is 14.5. The minimum atomic E-state index is -0.269. The van der Waals surface area contributed by atoms with E-state index in [1.165, 1.54) is 12.8 Å². The predicted octanol–water partition coefficient (Wildman–Crippen LogP) is 3.71. The van der Waals surface area contributed by atoms with Crippen molar-refractivity contribution in [2.45, 2.75) is 65.2 Å². The normalized spacial score (nSPS) is 35.7. The lowest BCUT2D eigenvalue weighted by Crippen LogP contribution is -2.30. The highest BCUT2D eigenvalue weighted by Gasteiger charge is 2.32. The summed E-state index contributed by atoms with van der Waals surface area (Å²) in [4.78, 5) is 24.1. The maximum absolute atomic E-state index is 12.0. The molecule has 0 aliphatic heterocycles. The molecule has 2 saturated carbocycles. The molecule has 0 spiro atoms. The highest BCUT2D eigenvalue weighted by atomic mass is 16.6. The molecule has 0 amide bonds. The molecular formula is C16H26O3. The molecule has 0 aromatic heterocycles. The van der Waals surface area contributed by atoms with Crippen molar-refractivity contribution in [2.75, 3.05) is 0 Å². The lowest BCUT2D eigenvalue weighted by molar-refractivity contribution is -0.167. The van der Waals surface area contributed by atoms with Gasteiger partial charge in [0.1, 0.15) is 0 Å². The van der Waals surface area contributed by atoms with Crippen LogP contribution in [0.3, 0.4) is 0 Å². The molecular weight excluding hydrogens is 240 g/mol. The Kier molecular flexibility index (Phi) is 5.00. The average Bonchev–Trinajstić information content (AvgIpc) is 2.38. The Morgan fingerprint density at radius 2 is 1.21 bits per heavy atom. The van der Waals surface area contributed by atoms with Crippen LogP contribution in [0, 0.1) is 23.7 Å². The minimum absolute atomic E-state index is 0.0475. The van der Waals surface area contributed by atoms with E-state index in [4.69, 9.17) is 4.74 Å². The van der Waals surface area contributed by atoms with Crippen molar-refractivity contribution in [2.24, 2.45) is 23.7 Å². The van der Waals surface area contributed by atoms with Crippen molar-refractivity contribution in [3.05, 3.63) is 0 Å². The van der Waals surface area contributed by atoms with Crippen LogP contribution in [0.2, 0.25) is 0 Å². The highest BCUT2D eigenvalue weighted by Crippen LogP contribution is 2.32. The van der Waals surface area contributed by atoms with Gasteiger partial charge in [0, 0.05) is 0 Å². The molecule has 0 saturated heterocycles. The van der Waals surface area contributed by atoms with Gasteiger partial charge in [-0.25, -0.2) is 0 Å². The first-order valence-corrected chi connectivity index (χ1v) is 7.81. The van der Waals surface area contributed by atoms with Crippen LogP contribution in [0.15, 0.2) is 0 Å². The second-order valence-corrected chi connectivity index (χ2v) is 6.68. The number of esters is 2. The van der Waals surface area contributed by atoms with Gasteiger partial charge in [-0.1, -0.05) is 39.5 Å². The molecule has 19 heavy (non-hydrogen) atoms. The van der Waals surface area contributed by atoms with Gasteiger partial charge in [-0.05, 0) is 37.5 Å². The van der Waals surface area contributed by atoms with E-state index in [1.807, 2.05) is 0 Å². The zero-order valence-corrected chi connectivity index (χ0v) is 12.2. The smallest absolute Gasteiger partial charge is 0.316 e. The number of rotatable bonds is 2. The topological polar surface area (TPSA) is 43.4 Å². The van der Waals surface area contributed by atoms with Gasteiger partial charge in [0.15, 0.2) is 0 Å². The van der Waals surface area contributed by atoms with E-state index in [2.05, 4.69) is 13.8 Å². The van der Waals surface area contributed by atoms with Crippen molar-refractivity contribution < 1.29 is 14.3 Å². The molecule has 0 bridgehead atoms. The molecule has 0 aromatic carbocycles. The quantitative estimate of drug-likeness (QED) is 0.565. The Labute approximate surface area is 116 Å². The monoisotopic (exact) mass is 266 g/mol. The van der Waals surface area contributed by atoms with E-state index in [1.54, 1.807) is 0 Å². The van der Waals surface area contributed by atoms with Gasteiger partial charge < -0.3 is 4.74 Å². The van der Waals surface area contributed by atoms with E-state index in [9.17, 15) is 9.59 Å². The Morgan fingerprint density at radius 3 is 1.58 bits per heavy atom. The van der Waals surface area contributed by atoms with E-state index < -0.39 is 0 Å². The van der Waals surface area contributed by atoms with E-state index in [0.29, 0.717) is 11.8 Å². The third-order valence-electron chi connectivity index (χ3n) is 4.74. The van der Waals surface area contributed by atoms with Gasteiger partial charge in [-0.2, -0.15) is 0 Å². The second kappa shape index (κ2) is 6.53. The van der Waals surface area contributed by atoms with Gasteiger partial charge in [-0.3, -0.25) is 9.59 Å². The van der Waals surface area contributed by atoms with Crippen molar-refractivity contribution in [3.8, 4) is 0 Å². The van der Waals surface area contributed by atoms with E-state index in [-0.39, 0.29) is 23.8 Å². The van der Waals surface area contributed by atoms with Crippen molar-refractivity contribution in [1.82, 2.24) is 0 Å². The van der Waals surface area contributed by atoms with Crippen LogP contribution in [0.5, 0.6) is 0 Å². The molecule has 2 aliphatic carbocycles. The summed E-state index contributed by atoms with van der Waals surface area (Å²) in [6, 6.07) is 0. The number of ether oxygens (including phenoxy) is 1. The summed E-state index contributed by atoms with van der Waals surface area (Å²) in [5, 5.41) is 0. The van der Waals surface area contributed by atoms with E-state index in [0.717, 1.165) is 38.5 Å². The molecule has 108 valence electrons. The third kappa shape index (κ3) is 4.05. The van der Waals surface area contributed by atoms with Crippen LogP contribution in [-0.4, -0.2) is 11.9 Å². The van der Waals surface area contributed by atoms with Crippen molar-refractivity contribution >= 4 is 11.9 Å². The Hall–Kier alpha value is -0.860. The van der Waals surface area contributed by atoms with Gasteiger partial charge >= 0.3 is 11.9 Å². The Bertz CT molecular complexity index is 305. The zero-order valence-electron chi connectivity index (χ0n) is 12.2. The number of hydrogen-bond acceptors (Lipinski definition) is 3. The van der Waals surface area contributed by atoms with Gasteiger partial charge in [-0.15, -0.1) is 0 Å². The summed E-state index contributed by atoms with van der Waals surface area (Å²) >= 11 is 0. The summed E-state index contributed by atoms with van der Waals surface area (Å²) in [5.41, 5.74) is 0. The molecule has 4 unspecified atom stereocenters. The number of hydrogen-bond donors (Lipinski definition) is 0. The second-order valence-electron chi connectivity index (χ2n) is 6.68. The summed E-state index contributed by atoms with van der Waals surface area (Å²) in [5.74, 6) is 0.527. The third-order valence-corrected chi connectivity index (χ3v) is 4.74. The van der Waals surface area contributed by atoms with Crippen molar-refractivity contribution in [1.29, 1.82) is 0 Å². The maximum atomic E-state index is 12.0. The first-order valence-electron chi connectivity index (χ1n) is 7.81. The Balaban J connectivity index is 1.82. The molecule has 0 heterocycles. The maximum Gasteiger partial charge on any atom is 0.316 e. The van der Waals surface area contributed by atoms with Crippen LogP contribution in [-0.2, 0) is 14.3 Å². The fraction of sp³-hybridized carbons (Fsp3) is 0.875. The summed E-state index contributed by atoms with van der Waals surface area (Å²) in [7, 11) is 0. The first-order chi connectivity index (χ1) is 9.06. The van der Waals surface area contributed by atoms with Gasteiger partial charge in [0.2, 0.25) is 0 Å². The highest BCUT2D eigenvalue weighted by molar-refractivity contribution is 5.88. The lowest BCUT2D eigenvalue weighted by atomic mass is 9.82. The largest absolute Gasteiger partial charge is 0.393 e. The molecule has 0 aromatic rings. The molecule has 3 nitrogen and oxygen atoms in total. The van der Waals surface area contributed by atoms with Gasteiger partial charge in [0.05, 0.1) is 11.8 Å². The number of carbonyl (C=O) groups excluding carboxylic acids is 2. The summed E-state index contributed by atoms with van der Waals surface area (Å²) < 4.78 is 5.15. The summed E-state index contributed by atoms with van der Waals surface area (Å²) in [6.07, 6.45) is 8.08. The van der Waals surface area contributed by atoms with Gasteiger partial charge in [0.25, 0.3) is 0 Å². The summed E-state index contributed by atoms with van der Waals surface area (Å²) in [6.45, 7) is 4.34. The Morgan fingerprint density at radius 1 is 0.789 bits per heavy atom. The minimum Gasteiger partial charge on any atom is -0.393 e. The molecule has 0 radical (unpaired) electrons. The predicted molar refractivity (Wildman–Crippen MR) is 73.3 cm³/mol. The standard InChI is InChI=1S/C16H26O3/c1-11-5-3-7-13(9-11)15(17)19-16(18)14-8-4-6-12(2)10-14/h11-14H,3-10H2,1-2H3. The lowest BCUT2D eigenvalue weighted by Gasteiger charge is -2.27. The van der Waals surface area contributed by atoms with Crippen LogP contribution in [0.1, 0.15) is 65.2 Å². The molecule has 2 rings (SSSR count). The SMILES string of the molecule is CC1CCCC(C(=O)OC(=O)C2CCCC(C)C2)C1. The fourth-order valence-electron chi connectivity index (χ4n) is 3.56. The fourth-order valence-corrected chi connectivity index (χ4v) is 3.56. The molecule has 2 aliphatic rings. The van der Waals surface area contributed by atoms with Crippen LogP contribution in [0.25, 0.3) is 0 Å². The molecule has 3 heteroatoms. The van der Waals surface area contributed by atoms with Crippen LogP contribution < -0.4 is 0 Å². The average molecular weight is 266 g/mol. The molecule has 2 fully saturated rings. The van der Waals surface area contributed by atoms with Crippen LogP contribution >= 0.6 is 0 Å².